The van der Waals surface area contributed by atoms with Gasteiger partial charge in [-0.15, -0.1) is 0 Å². The fraction of sp³-hybridized carbons (Fsp3) is 0.846. The Morgan fingerprint density at radius 2 is 2.05 bits per heavy atom. The lowest BCUT2D eigenvalue weighted by Crippen LogP contribution is -2.66. The Morgan fingerprint density at radius 1 is 1.32 bits per heavy atom. The van der Waals surface area contributed by atoms with Gasteiger partial charge in [0.15, 0.2) is 0 Å². The van der Waals surface area contributed by atoms with Crippen molar-refractivity contribution in [1.82, 2.24) is 24.6 Å². The number of nitrogens with two attached hydrogens (primary N) is 1. The zero-order valence-electron chi connectivity index (χ0n) is 11.9. The third-order valence-corrected chi connectivity index (χ3v) is 4.37. The van der Waals surface area contributed by atoms with E-state index in [-0.39, 0.29) is 6.04 Å². The van der Waals surface area contributed by atoms with Gasteiger partial charge in [-0.2, -0.15) is 5.10 Å². The predicted octanol–water partition coefficient (Wildman–Crippen LogP) is -0.271. The zero-order valence-corrected chi connectivity index (χ0v) is 11.9. The molecule has 0 saturated carbocycles. The molecule has 4 heterocycles. The van der Waals surface area contributed by atoms with Gasteiger partial charge in [0.05, 0.1) is 0 Å². The van der Waals surface area contributed by atoms with Crippen LogP contribution in [0.1, 0.15) is 25.7 Å². The average Bonchev–Trinajstić information content (AvgIpc) is 2.88. The van der Waals surface area contributed by atoms with Crippen molar-refractivity contribution in [2.24, 2.45) is 5.73 Å². The summed E-state index contributed by atoms with van der Waals surface area (Å²) >= 11 is 0. The lowest BCUT2D eigenvalue weighted by atomic mass is 9.98. The van der Waals surface area contributed by atoms with Crippen LogP contribution in [0.15, 0.2) is 6.33 Å². The highest BCUT2D eigenvalue weighted by Crippen LogP contribution is 2.19. The fourth-order valence-corrected chi connectivity index (χ4v) is 3.26. The number of piperazine rings is 3. The molecule has 19 heavy (non-hydrogen) atoms. The van der Waals surface area contributed by atoms with Crippen LogP contribution in [0.4, 0.5) is 0 Å². The summed E-state index contributed by atoms with van der Waals surface area (Å²) in [7, 11) is 0. The molecular weight excluding hydrogens is 240 g/mol. The molecule has 3 fully saturated rings. The molecule has 0 aliphatic carbocycles. The van der Waals surface area contributed by atoms with Crippen LogP contribution in [0.3, 0.4) is 0 Å². The van der Waals surface area contributed by atoms with E-state index in [2.05, 4.69) is 33.7 Å². The maximum absolute atomic E-state index is 6.45. The summed E-state index contributed by atoms with van der Waals surface area (Å²) in [5.41, 5.74) is 6.45. The minimum Gasteiger partial charge on any atom is -0.326 e. The molecule has 0 radical (unpaired) electrons. The average molecular weight is 264 g/mol. The van der Waals surface area contributed by atoms with Crippen molar-refractivity contribution < 1.29 is 0 Å². The first-order chi connectivity index (χ1) is 9.15. The normalized spacial score (nSPS) is 31.9. The van der Waals surface area contributed by atoms with Crippen molar-refractivity contribution in [2.75, 3.05) is 32.7 Å². The maximum Gasteiger partial charge on any atom is 0.138 e. The van der Waals surface area contributed by atoms with Crippen LogP contribution in [-0.2, 0) is 6.42 Å². The topological polar surface area (TPSA) is 63.2 Å². The first-order valence-electron chi connectivity index (χ1n) is 7.25. The molecule has 3 aliphatic rings. The van der Waals surface area contributed by atoms with Crippen LogP contribution in [0.5, 0.6) is 0 Å². The minimum absolute atomic E-state index is 0.143. The molecular formula is C13H24N6. The number of hydrogen-bond donors (Lipinski definition) is 1. The lowest BCUT2D eigenvalue weighted by molar-refractivity contribution is 0.00219. The summed E-state index contributed by atoms with van der Waals surface area (Å²) in [6, 6.07) is 0.959. The van der Waals surface area contributed by atoms with Crippen molar-refractivity contribution in [3.8, 4) is 0 Å². The van der Waals surface area contributed by atoms with Gasteiger partial charge in [0, 0.05) is 57.3 Å². The van der Waals surface area contributed by atoms with Gasteiger partial charge in [0.25, 0.3) is 0 Å². The molecule has 1 aromatic rings. The van der Waals surface area contributed by atoms with Crippen LogP contribution < -0.4 is 5.73 Å². The molecule has 106 valence electrons. The summed E-state index contributed by atoms with van der Waals surface area (Å²) < 4.78 is 1.98. The van der Waals surface area contributed by atoms with E-state index in [0.717, 1.165) is 31.9 Å². The van der Waals surface area contributed by atoms with E-state index in [0.29, 0.717) is 12.1 Å². The van der Waals surface area contributed by atoms with Crippen molar-refractivity contribution in [1.29, 1.82) is 0 Å². The van der Waals surface area contributed by atoms with Crippen molar-refractivity contribution in [2.45, 2.75) is 38.4 Å². The smallest absolute Gasteiger partial charge is 0.138 e. The standard InChI is InChI=1S/C13H24N6/c1-10(2)19-13(15-9-16-19)7-11(14)12-8-17-3-5-18(12)6-4-17/h9-12H,3-8,14H2,1-2H3. The van der Waals surface area contributed by atoms with E-state index in [1.807, 2.05) is 4.68 Å². The van der Waals surface area contributed by atoms with E-state index in [9.17, 15) is 0 Å². The number of aromatic nitrogens is 3. The highest BCUT2D eigenvalue weighted by atomic mass is 15.4. The second-order valence-corrected chi connectivity index (χ2v) is 5.99. The molecule has 0 aromatic carbocycles. The SMILES string of the molecule is CC(C)n1ncnc1CC(N)C1CN2CCN1CC2. The first kappa shape index (κ1) is 13.0. The van der Waals surface area contributed by atoms with Crippen molar-refractivity contribution in [3.63, 3.8) is 0 Å². The highest BCUT2D eigenvalue weighted by molar-refractivity contribution is 4.99. The molecule has 1 aromatic heterocycles. The Kier molecular flexibility index (Phi) is 3.56. The summed E-state index contributed by atoms with van der Waals surface area (Å²) in [4.78, 5) is 9.44. The summed E-state index contributed by atoms with van der Waals surface area (Å²) in [6.07, 6.45) is 2.45. The summed E-state index contributed by atoms with van der Waals surface area (Å²) in [6.45, 7) is 10.1. The third kappa shape index (κ3) is 2.52. The highest BCUT2D eigenvalue weighted by Gasteiger charge is 2.35. The number of nitrogens with zero attached hydrogens (tertiary/aromatic N) is 5. The van der Waals surface area contributed by atoms with Gasteiger partial charge in [-0.1, -0.05) is 0 Å². The Hall–Kier alpha value is -0.980. The fourth-order valence-electron chi connectivity index (χ4n) is 3.26. The van der Waals surface area contributed by atoms with Crippen LogP contribution >= 0.6 is 0 Å². The van der Waals surface area contributed by atoms with Crippen LogP contribution in [0, 0.1) is 0 Å². The number of fused-ring (bicyclic) bond motifs is 3. The molecule has 0 amide bonds. The van der Waals surface area contributed by atoms with Gasteiger partial charge in [-0.25, -0.2) is 9.67 Å². The second kappa shape index (κ2) is 5.19. The lowest BCUT2D eigenvalue weighted by Gasteiger charge is -2.49. The van der Waals surface area contributed by atoms with Gasteiger partial charge in [0.2, 0.25) is 0 Å². The van der Waals surface area contributed by atoms with Crippen LogP contribution in [0.25, 0.3) is 0 Å². The van der Waals surface area contributed by atoms with Crippen LogP contribution in [-0.4, -0.2) is 69.4 Å². The minimum atomic E-state index is 0.143. The van der Waals surface area contributed by atoms with Gasteiger partial charge in [0.1, 0.15) is 12.2 Å². The summed E-state index contributed by atoms with van der Waals surface area (Å²) in [5.74, 6) is 1.01. The molecule has 3 aliphatic heterocycles. The second-order valence-electron chi connectivity index (χ2n) is 5.99. The van der Waals surface area contributed by atoms with E-state index in [1.165, 1.54) is 13.1 Å². The van der Waals surface area contributed by atoms with E-state index in [1.54, 1.807) is 6.33 Å². The first-order valence-corrected chi connectivity index (χ1v) is 7.25. The van der Waals surface area contributed by atoms with E-state index in [4.69, 9.17) is 5.73 Å². The third-order valence-electron chi connectivity index (χ3n) is 4.37. The maximum atomic E-state index is 6.45. The molecule has 6 nitrogen and oxygen atoms in total. The van der Waals surface area contributed by atoms with E-state index >= 15 is 0 Å². The molecule has 2 bridgehead atoms. The zero-order chi connectivity index (χ0) is 13.4. The Labute approximate surface area is 114 Å². The molecule has 2 N–H and O–H groups in total. The molecule has 2 unspecified atom stereocenters. The predicted molar refractivity (Wildman–Crippen MR) is 73.9 cm³/mol. The molecule has 3 saturated heterocycles. The largest absolute Gasteiger partial charge is 0.326 e. The van der Waals surface area contributed by atoms with E-state index < -0.39 is 0 Å². The quantitative estimate of drug-likeness (QED) is 0.811. The van der Waals surface area contributed by atoms with Gasteiger partial charge >= 0.3 is 0 Å². The number of hydrogen-bond acceptors (Lipinski definition) is 5. The van der Waals surface area contributed by atoms with Gasteiger partial charge in [-0.3, -0.25) is 9.80 Å². The summed E-state index contributed by atoms with van der Waals surface area (Å²) in [5, 5.41) is 4.29. The van der Waals surface area contributed by atoms with Gasteiger partial charge in [-0.05, 0) is 13.8 Å². The Bertz CT molecular complexity index is 421. The molecule has 6 heteroatoms. The Morgan fingerprint density at radius 3 is 2.63 bits per heavy atom. The van der Waals surface area contributed by atoms with Crippen LogP contribution in [0.2, 0.25) is 0 Å². The van der Waals surface area contributed by atoms with Gasteiger partial charge < -0.3 is 5.73 Å². The van der Waals surface area contributed by atoms with Crippen molar-refractivity contribution >= 4 is 0 Å². The van der Waals surface area contributed by atoms with Crippen molar-refractivity contribution in [3.05, 3.63) is 12.2 Å². The molecule has 2 atom stereocenters. The monoisotopic (exact) mass is 264 g/mol. The molecule has 0 spiro atoms. The molecule has 4 rings (SSSR count). The number of rotatable bonds is 4. The Balaban J connectivity index is 1.68.